The minimum Gasteiger partial charge on any atom is -0.393 e. The minimum absolute atomic E-state index is 0.0349. The lowest BCUT2D eigenvalue weighted by atomic mass is 9.93. The van der Waals surface area contributed by atoms with E-state index in [0.29, 0.717) is 41.1 Å². The van der Waals surface area contributed by atoms with E-state index >= 15 is 0 Å². The van der Waals surface area contributed by atoms with Gasteiger partial charge in [-0.25, -0.2) is 0 Å². The Morgan fingerprint density at radius 3 is 2.60 bits per heavy atom. The highest BCUT2D eigenvalue weighted by molar-refractivity contribution is 9.10. The molecule has 7 nitrogen and oxygen atoms in total. The van der Waals surface area contributed by atoms with Gasteiger partial charge in [0.1, 0.15) is 17.1 Å². The molecule has 1 fully saturated rings. The van der Waals surface area contributed by atoms with Crippen molar-refractivity contribution in [1.82, 2.24) is 15.5 Å². The van der Waals surface area contributed by atoms with E-state index in [2.05, 4.69) is 31.4 Å². The van der Waals surface area contributed by atoms with E-state index in [4.69, 9.17) is 4.52 Å². The molecule has 1 aliphatic carbocycles. The van der Waals surface area contributed by atoms with Crippen LogP contribution in [0.2, 0.25) is 0 Å². The van der Waals surface area contributed by atoms with Crippen molar-refractivity contribution >= 4 is 27.6 Å². The van der Waals surface area contributed by atoms with Crippen LogP contribution in [-0.4, -0.2) is 39.1 Å². The average Bonchev–Trinajstić information content (AvgIpc) is 3.37. The highest BCUT2D eigenvalue weighted by atomic mass is 79.9. The van der Waals surface area contributed by atoms with Crippen LogP contribution in [0.5, 0.6) is 0 Å². The molecule has 1 saturated carbocycles. The van der Waals surface area contributed by atoms with Crippen LogP contribution in [0.4, 0.5) is 0 Å². The van der Waals surface area contributed by atoms with Crippen LogP contribution in [0.3, 0.4) is 0 Å². The zero-order valence-corrected chi connectivity index (χ0v) is 18.0. The number of aromatic nitrogens is 2. The Morgan fingerprint density at radius 2 is 1.90 bits per heavy atom. The fourth-order valence-electron chi connectivity index (χ4n) is 3.73. The quantitative estimate of drug-likeness (QED) is 0.487. The summed E-state index contributed by atoms with van der Waals surface area (Å²) >= 11 is 3.40. The molecule has 30 heavy (non-hydrogen) atoms. The Hall–Kier alpha value is -2.71. The van der Waals surface area contributed by atoms with E-state index in [-0.39, 0.29) is 23.8 Å². The van der Waals surface area contributed by atoms with Gasteiger partial charge in [0.05, 0.1) is 11.7 Å². The molecule has 2 aromatic heterocycles. The minimum atomic E-state index is -0.278. The first kappa shape index (κ1) is 20.6. The number of aliphatic hydroxyl groups is 1. The third-order valence-corrected chi connectivity index (χ3v) is 5.96. The number of hydrogen-bond acceptors (Lipinski definition) is 5. The number of carbonyl (C=O) groups is 2. The number of H-pyrrole nitrogens is 1. The summed E-state index contributed by atoms with van der Waals surface area (Å²) in [6.07, 6.45) is 4.11. The van der Waals surface area contributed by atoms with Crippen LogP contribution >= 0.6 is 15.9 Å². The lowest BCUT2D eigenvalue weighted by Gasteiger charge is -2.25. The zero-order chi connectivity index (χ0) is 21.3. The largest absolute Gasteiger partial charge is 0.393 e. The molecule has 1 aromatic carbocycles. The fourth-order valence-corrected chi connectivity index (χ4v) is 3.99. The molecule has 3 aromatic rings. The first-order valence-electron chi connectivity index (χ1n) is 9.86. The number of rotatable bonds is 5. The van der Waals surface area contributed by atoms with Crippen molar-refractivity contribution in [2.45, 2.75) is 44.8 Å². The standard InChI is InChI=1S/C22H22BrN3O4/c1-12-19(20(26-30-12)13-2-4-15(23)5-3-13)21(28)14-10-18(24-11-14)22(29)25-16-6-8-17(27)9-7-16/h2-5,10-11,16-17,24,27H,6-9H2,1H3,(H,25,29)/t16-,17-. The van der Waals surface area contributed by atoms with Crippen molar-refractivity contribution in [3.63, 3.8) is 0 Å². The molecule has 3 N–H and O–H groups in total. The second-order valence-corrected chi connectivity index (χ2v) is 8.49. The summed E-state index contributed by atoms with van der Waals surface area (Å²) in [5, 5.41) is 16.6. The summed E-state index contributed by atoms with van der Waals surface area (Å²) in [6.45, 7) is 1.69. The van der Waals surface area contributed by atoms with Gasteiger partial charge in [0.2, 0.25) is 0 Å². The van der Waals surface area contributed by atoms with Crippen molar-refractivity contribution in [1.29, 1.82) is 0 Å². The molecule has 4 rings (SSSR count). The second kappa shape index (κ2) is 8.57. The van der Waals surface area contributed by atoms with Crippen molar-refractivity contribution in [2.75, 3.05) is 0 Å². The Labute approximate surface area is 182 Å². The molecule has 0 radical (unpaired) electrons. The Bertz CT molecular complexity index is 1060. The van der Waals surface area contributed by atoms with Crippen LogP contribution in [0, 0.1) is 6.92 Å². The summed E-state index contributed by atoms with van der Waals surface area (Å²) in [5.41, 5.74) is 2.31. The molecule has 156 valence electrons. The first-order valence-corrected chi connectivity index (χ1v) is 10.7. The van der Waals surface area contributed by atoms with Crippen LogP contribution in [0.1, 0.15) is 57.9 Å². The average molecular weight is 472 g/mol. The van der Waals surface area contributed by atoms with Crippen molar-refractivity contribution in [3.05, 3.63) is 63.6 Å². The highest BCUT2D eigenvalue weighted by Crippen LogP contribution is 2.29. The molecule has 1 aliphatic rings. The summed E-state index contributed by atoms with van der Waals surface area (Å²) in [5.74, 6) is -0.0979. The van der Waals surface area contributed by atoms with Crippen LogP contribution in [0.15, 0.2) is 45.5 Å². The fraction of sp³-hybridized carbons (Fsp3) is 0.318. The number of nitrogens with zero attached hydrogens (tertiary/aromatic N) is 1. The second-order valence-electron chi connectivity index (χ2n) is 7.58. The summed E-state index contributed by atoms with van der Waals surface area (Å²) in [4.78, 5) is 28.6. The summed E-state index contributed by atoms with van der Waals surface area (Å²) < 4.78 is 6.22. The van der Waals surface area contributed by atoms with Crippen molar-refractivity contribution < 1.29 is 19.2 Å². The van der Waals surface area contributed by atoms with Crippen molar-refractivity contribution in [3.8, 4) is 11.3 Å². The van der Waals surface area contributed by atoms with E-state index < -0.39 is 0 Å². The molecular weight excluding hydrogens is 450 g/mol. The molecule has 0 aliphatic heterocycles. The van der Waals surface area contributed by atoms with Gasteiger partial charge in [0.25, 0.3) is 5.91 Å². The zero-order valence-electron chi connectivity index (χ0n) is 16.4. The molecule has 1 amide bonds. The monoisotopic (exact) mass is 471 g/mol. The van der Waals surface area contributed by atoms with E-state index in [1.54, 1.807) is 13.0 Å². The smallest absolute Gasteiger partial charge is 0.267 e. The molecule has 0 saturated heterocycles. The Balaban J connectivity index is 1.53. The van der Waals surface area contributed by atoms with Gasteiger partial charge in [0.15, 0.2) is 5.78 Å². The van der Waals surface area contributed by atoms with Gasteiger partial charge >= 0.3 is 0 Å². The number of carbonyl (C=O) groups excluding carboxylic acids is 2. The normalized spacial score (nSPS) is 18.9. The van der Waals surface area contributed by atoms with Gasteiger partial charge in [-0.2, -0.15) is 0 Å². The molecule has 0 unspecified atom stereocenters. The van der Waals surface area contributed by atoms with Gasteiger partial charge in [0, 0.05) is 27.8 Å². The SMILES string of the molecule is Cc1onc(-c2ccc(Br)cc2)c1C(=O)c1c[nH]c(C(=O)N[C@H]2CC[C@H](O)CC2)c1. The number of ketones is 1. The highest BCUT2D eigenvalue weighted by Gasteiger charge is 2.25. The topological polar surface area (TPSA) is 108 Å². The predicted molar refractivity (Wildman–Crippen MR) is 114 cm³/mol. The Kier molecular flexibility index (Phi) is 5.87. The third kappa shape index (κ3) is 4.24. The molecular formula is C22H22BrN3O4. The number of hydrogen-bond donors (Lipinski definition) is 3. The van der Waals surface area contributed by atoms with Crippen LogP contribution in [-0.2, 0) is 0 Å². The lowest BCUT2D eigenvalue weighted by molar-refractivity contribution is 0.0863. The first-order chi connectivity index (χ1) is 14.4. The molecule has 0 bridgehead atoms. The molecule has 2 heterocycles. The lowest BCUT2D eigenvalue weighted by Crippen LogP contribution is -2.38. The van der Waals surface area contributed by atoms with Gasteiger partial charge in [-0.3, -0.25) is 9.59 Å². The van der Waals surface area contributed by atoms with Gasteiger partial charge < -0.3 is 19.9 Å². The maximum absolute atomic E-state index is 13.2. The van der Waals surface area contributed by atoms with E-state index in [1.807, 2.05) is 24.3 Å². The van der Waals surface area contributed by atoms with E-state index in [1.165, 1.54) is 6.20 Å². The molecule has 0 atom stereocenters. The maximum Gasteiger partial charge on any atom is 0.267 e. The number of halogens is 1. The molecule has 0 spiro atoms. The third-order valence-electron chi connectivity index (χ3n) is 5.43. The summed E-state index contributed by atoms with van der Waals surface area (Å²) in [6, 6.07) is 9.04. The number of aromatic amines is 1. The summed E-state index contributed by atoms with van der Waals surface area (Å²) in [7, 11) is 0. The Morgan fingerprint density at radius 1 is 1.20 bits per heavy atom. The van der Waals surface area contributed by atoms with Crippen LogP contribution < -0.4 is 5.32 Å². The predicted octanol–water partition coefficient (Wildman–Crippen LogP) is 4.00. The van der Waals surface area contributed by atoms with Gasteiger partial charge in [-0.15, -0.1) is 0 Å². The number of aliphatic hydroxyl groups excluding tert-OH is 1. The van der Waals surface area contributed by atoms with Gasteiger partial charge in [-0.1, -0.05) is 33.2 Å². The number of benzene rings is 1. The number of amides is 1. The number of nitrogens with one attached hydrogen (secondary N) is 2. The molecule has 8 heteroatoms. The van der Waals surface area contributed by atoms with Gasteiger partial charge in [-0.05, 0) is 50.8 Å². The number of aryl methyl sites for hydroxylation is 1. The van der Waals surface area contributed by atoms with E-state index in [0.717, 1.165) is 22.9 Å². The van der Waals surface area contributed by atoms with E-state index in [9.17, 15) is 14.7 Å². The van der Waals surface area contributed by atoms with Crippen molar-refractivity contribution in [2.24, 2.45) is 0 Å². The van der Waals surface area contributed by atoms with Crippen LogP contribution in [0.25, 0.3) is 11.3 Å². The maximum atomic E-state index is 13.2.